The molecule has 0 aliphatic heterocycles. The molecule has 1 amide bonds. The standard InChI is InChI=1S/C16H26N2O.ClH/c1-2-3-6-14-7-9-15(10-8-14)13-16(19)18-12-5-4-11-17;/h7-10H,2-6,11-13,17H2,1H3,(H,18,19);1H. The van der Waals surface area contributed by atoms with Gasteiger partial charge in [-0.25, -0.2) is 0 Å². The van der Waals surface area contributed by atoms with Gasteiger partial charge >= 0.3 is 0 Å². The van der Waals surface area contributed by atoms with Crippen LogP contribution in [0.5, 0.6) is 0 Å². The number of amides is 1. The lowest BCUT2D eigenvalue weighted by atomic mass is 10.0. The van der Waals surface area contributed by atoms with Gasteiger partial charge in [-0.05, 0) is 43.4 Å². The molecule has 3 nitrogen and oxygen atoms in total. The minimum absolute atomic E-state index is 0. The normalized spacial score (nSPS) is 9.90. The Bertz CT molecular complexity index is 365. The Balaban J connectivity index is 0.00000361. The molecule has 20 heavy (non-hydrogen) atoms. The number of nitrogens with two attached hydrogens (primary N) is 1. The van der Waals surface area contributed by atoms with E-state index in [1.54, 1.807) is 0 Å². The molecular formula is C16H27ClN2O. The van der Waals surface area contributed by atoms with Crippen molar-refractivity contribution in [2.45, 2.75) is 45.4 Å². The maximum absolute atomic E-state index is 11.7. The number of hydrogen-bond acceptors (Lipinski definition) is 2. The highest BCUT2D eigenvalue weighted by atomic mass is 35.5. The quantitative estimate of drug-likeness (QED) is 0.689. The van der Waals surface area contributed by atoms with Crippen LogP contribution >= 0.6 is 12.4 Å². The fraction of sp³-hybridized carbons (Fsp3) is 0.562. The van der Waals surface area contributed by atoms with Crippen LogP contribution in [0, 0.1) is 0 Å². The molecule has 1 aromatic rings. The number of nitrogens with one attached hydrogen (secondary N) is 1. The molecule has 0 aromatic heterocycles. The maximum atomic E-state index is 11.7. The summed E-state index contributed by atoms with van der Waals surface area (Å²) in [5.41, 5.74) is 7.84. The summed E-state index contributed by atoms with van der Waals surface area (Å²) >= 11 is 0. The molecule has 0 aliphatic carbocycles. The van der Waals surface area contributed by atoms with Crippen molar-refractivity contribution >= 4 is 18.3 Å². The van der Waals surface area contributed by atoms with Crippen LogP contribution in [0.4, 0.5) is 0 Å². The number of halogens is 1. The highest BCUT2D eigenvalue weighted by Crippen LogP contribution is 2.08. The van der Waals surface area contributed by atoms with Crippen molar-refractivity contribution < 1.29 is 4.79 Å². The van der Waals surface area contributed by atoms with Crippen LogP contribution in [0.25, 0.3) is 0 Å². The van der Waals surface area contributed by atoms with Crippen molar-refractivity contribution in [3.63, 3.8) is 0 Å². The summed E-state index contributed by atoms with van der Waals surface area (Å²) in [5, 5.41) is 2.92. The second kappa shape index (κ2) is 11.7. The molecule has 0 bridgehead atoms. The van der Waals surface area contributed by atoms with Gasteiger partial charge in [0.05, 0.1) is 6.42 Å². The van der Waals surface area contributed by atoms with Gasteiger partial charge in [-0.1, -0.05) is 37.6 Å². The van der Waals surface area contributed by atoms with E-state index < -0.39 is 0 Å². The highest BCUT2D eigenvalue weighted by Gasteiger charge is 2.02. The van der Waals surface area contributed by atoms with Crippen LogP contribution in [-0.2, 0) is 17.6 Å². The van der Waals surface area contributed by atoms with Gasteiger partial charge in [-0.2, -0.15) is 0 Å². The van der Waals surface area contributed by atoms with Gasteiger partial charge < -0.3 is 11.1 Å². The van der Waals surface area contributed by atoms with Gasteiger partial charge in [0.2, 0.25) is 5.91 Å². The van der Waals surface area contributed by atoms with Crippen LogP contribution in [-0.4, -0.2) is 19.0 Å². The molecule has 0 heterocycles. The zero-order valence-electron chi connectivity index (χ0n) is 12.4. The summed E-state index contributed by atoms with van der Waals surface area (Å²) in [6, 6.07) is 8.38. The predicted octanol–water partition coefficient (Wildman–Crippen LogP) is 2.85. The van der Waals surface area contributed by atoms with Crippen molar-refractivity contribution in [3.8, 4) is 0 Å². The second-order valence-corrected chi connectivity index (χ2v) is 4.94. The van der Waals surface area contributed by atoms with E-state index in [2.05, 4.69) is 36.5 Å². The first-order valence-electron chi connectivity index (χ1n) is 7.31. The van der Waals surface area contributed by atoms with Crippen molar-refractivity contribution in [3.05, 3.63) is 35.4 Å². The summed E-state index contributed by atoms with van der Waals surface area (Å²) in [7, 11) is 0. The SMILES string of the molecule is CCCCc1ccc(CC(=O)NCCCCN)cc1.Cl. The summed E-state index contributed by atoms with van der Waals surface area (Å²) in [4.78, 5) is 11.7. The van der Waals surface area contributed by atoms with E-state index in [1.807, 2.05) is 0 Å². The molecule has 0 fully saturated rings. The Morgan fingerprint density at radius 1 is 1.10 bits per heavy atom. The zero-order valence-corrected chi connectivity index (χ0v) is 13.2. The number of hydrogen-bond donors (Lipinski definition) is 2. The molecule has 0 saturated carbocycles. The molecule has 3 N–H and O–H groups in total. The average molecular weight is 299 g/mol. The third-order valence-corrected chi connectivity index (χ3v) is 3.16. The Hall–Kier alpha value is -1.06. The first-order valence-corrected chi connectivity index (χ1v) is 7.31. The van der Waals surface area contributed by atoms with Crippen molar-refractivity contribution in [2.75, 3.05) is 13.1 Å². The minimum atomic E-state index is 0. The second-order valence-electron chi connectivity index (χ2n) is 4.94. The van der Waals surface area contributed by atoms with Crippen LogP contribution in [0.2, 0.25) is 0 Å². The lowest BCUT2D eigenvalue weighted by Gasteiger charge is -2.06. The average Bonchev–Trinajstić information content (AvgIpc) is 2.43. The zero-order chi connectivity index (χ0) is 13.9. The van der Waals surface area contributed by atoms with Crippen molar-refractivity contribution in [2.24, 2.45) is 5.73 Å². The number of benzene rings is 1. The third-order valence-electron chi connectivity index (χ3n) is 3.16. The molecule has 0 unspecified atom stereocenters. The van der Waals surface area contributed by atoms with Crippen molar-refractivity contribution in [1.82, 2.24) is 5.32 Å². The van der Waals surface area contributed by atoms with Crippen molar-refractivity contribution in [1.29, 1.82) is 0 Å². The largest absolute Gasteiger partial charge is 0.356 e. The summed E-state index contributed by atoms with van der Waals surface area (Å²) in [6.07, 6.45) is 5.96. The van der Waals surface area contributed by atoms with E-state index in [-0.39, 0.29) is 18.3 Å². The molecule has 114 valence electrons. The van der Waals surface area contributed by atoms with E-state index >= 15 is 0 Å². The number of rotatable bonds is 9. The smallest absolute Gasteiger partial charge is 0.224 e. The summed E-state index contributed by atoms with van der Waals surface area (Å²) in [6.45, 7) is 3.61. The van der Waals surface area contributed by atoms with Crippen LogP contribution in [0.3, 0.4) is 0 Å². The van der Waals surface area contributed by atoms with Crippen LogP contribution in [0.1, 0.15) is 43.7 Å². The van der Waals surface area contributed by atoms with Gasteiger partial charge in [0, 0.05) is 6.54 Å². The maximum Gasteiger partial charge on any atom is 0.224 e. The van der Waals surface area contributed by atoms with E-state index in [0.717, 1.165) is 31.4 Å². The number of unbranched alkanes of at least 4 members (excludes halogenated alkanes) is 2. The summed E-state index contributed by atoms with van der Waals surface area (Å²) < 4.78 is 0. The lowest BCUT2D eigenvalue weighted by molar-refractivity contribution is -0.120. The Kier molecular flexibility index (Phi) is 11.1. The Morgan fingerprint density at radius 3 is 2.35 bits per heavy atom. The summed E-state index contributed by atoms with van der Waals surface area (Å²) in [5.74, 6) is 0.0957. The van der Waals surface area contributed by atoms with Gasteiger partial charge in [0.25, 0.3) is 0 Å². The molecule has 1 rings (SSSR count). The number of carbonyl (C=O) groups is 1. The first-order chi connectivity index (χ1) is 9.26. The highest BCUT2D eigenvalue weighted by molar-refractivity contribution is 5.85. The van der Waals surface area contributed by atoms with Crippen LogP contribution in [0.15, 0.2) is 24.3 Å². The topological polar surface area (TPSA) is 55.1 Å². The molecule has 0 atom stereocenters. The minimum Gasteiger partial charge on any atom is -0.356 e. The molecule has 0 aliphatic rings. The van der Waals surface area contributed by atoms with Gasteiger partial charge in [-0.3, -0.25) is 4.79 Å². The third kappa shape index (κ3) is 8.18. The van der Waals surface area contributed by atoms with Crippen LogP contribution < -0.4 is 11.1 Å². The Morgan fingerprint density at radius 2 is 1.75 bits per heavy atom. The van der Waals surface area contributed by atoms with E-state index in [4.69, 9.17) is 5.73 Å². The van der Waals surface area contributed by atoms with E-state index in [9.17, 15) is 4.79 Å². The lowest BCUT2D eigenvalue weighted by Crippen LogP contribution is -2.26. The predicted molar refractivity (Wildman–Crippen MR) is 87.3 cm³/mol. The molecule has 0 saturated heterocycles. The fourth-order valence-electron chi connectivity index (χ4n) is 1.95. The Labute approximate surface area is 128 Å². The van der Waals surface area contributed by atoms with E-state index in [0.29, 0.717) is 13.0 Å². The van der Waals surface area contributed by atoms with Gasteiger partial charge in [-0.15, -0.1) is 12.4 Å². The first kappa shape index (κ1) is 18.9. The van der Waals surface area contributed by atoms with E-state index in [1.165, 1.54) is 18.4 Å². The van der Waals surface area contributed by atoms with Gasteiger partial charge in [0.1, 0.15) is 0 Å². The molecule has 1 aromatic carbocycles. The number of carbonyl (C=O) groups excluding carboxylic acids is 1. The molecule has 0 radical (unpaired) electrons. The molecular weight excluding hydrogens is 272 g/mol. The van der Waals surface area contributed by atoms with Gasteiger partial charge in [0.15, 0.2) is 0 Å². The molecule has 0 spiro atoms. The fourth-order valence-corrected chi connectivity index (χ4v) is 1.95. The number of aryl methyl sites for hydroxylation is 1. The molecule has 4 heteroatoms. The monoisotopic (exact) mass is 298 g/mol.